The number of hydrogen-bond donors (Lipinski definition) is 1. The van der Waals surface area contributed by atoms with Crippen LogP contribution in [0, 0.1) is 0 Å². The number of tetrazole rings is 1. The highest BCUT2D eigenvalue weighted by molar-refractivity contribution is 9.10. The molecule has 0 amide bonds. The second-order valence-electron chi connectivity index (χ2n) is 3.91. The summed E-state index contributed by atoms with van der Waals surface area (Å²) in [6.07, 6.45) is 1.14. The second-order valence-corrected chi connectivity index (χ2v) is 6.71. The summed E-state index contributed by atoms with van der Waals surface area (Å²) in [5, 5.41) is 18.1. The minimum Gasteiger partial charge on any atom is -0.315 e. The summed E-state index contributed by atoms with van der Waals surface area (Å²) in [5.74, 6) is 0.890. The molecule has 8 heteroatoms. The highest BCUT2D eigenvalue weighted by Crippen LogP contribution is 2.29. The van der Waals surface area contributed by atoms with Crippen LogP contribution in [0.25, 0.3) is 0 Å². The molecule has 19 heavy (non-hydrogen) atoms. The molecule has 104 valence electrons. The Kier molecular flexibility index (Phi) is 6.29. The Hall–Kier alpha value is -0.440. The third-order valence-electron chi connectivity index (χ3n) is 2.45. The zero-order valence-corrected chi connectivity index (χ0v) is 13.9. The molecule has 0 aliphatic heterocycles. The van der Waals surface area contributed by atoms with E-state index in [9.17, 15) is 0 Å². The molecule has 2 heterocycles. The maximum absolute atomic E-state index is 4.07. The Labute approximate surface area is 129 Å². The van der Waals surface area contributed by atoms with Crippen LogP contribution in [-0.2, 0) is 12.3 Å². The summed E-state index contributed by atoms with van der Waals surface area (Å²) in [5.41, 5.74) is 0. The van der Waals surface area contributed by atoms with Crippen LogP contribution in [0.5, 0.6) is 0 Å². The number of hydrogen-bond acceptors (Lipinski definition) is 6. The van der Waals surface area contributed by atoms with Crippen LogP contribution in [0.2, 0.25) is 0 Å². The van der Waals surface area contributed by atoms with E-state index in [0.717, 1.165) is 41.4 Å². The predicted molar refractivity (Wildman–Crippen MR) is 82.6 cm³/mol. The van der Waals surface area contributed by atoms with Crippen LogP contribution in [0.3, 0.4) is 0 Å². The Bertz CT molecular complexity index is 499. The second kappa shape index (κ2) is 7.98. The van der Waals surface area contributed by atoms with Gasteiger partial charge in [-0.15, -0.1) is 16.4 Å². The first-order chi connectivity index (χ1) is 9.31. The van der Waals surface area contributed by atoms with Gasteiger partial charge in [0.05, 0.1) is 6.54 Å². The molecule has 0 bridgehead atoms. The number of halogens is 1. The first kappa shape index (κ1) is 15.0. The van der Waals surface area contributed by atoms with Crippen molar-refractivity contribution in [1.82, 2.24) is 25.5 Å². The molecule has 0 fully saturated rings. The molecule has 0 aromatic carbocycles. The number of nitrogens with zero attached hydrogens (tertiary/aromatic N) is 4. The number of thiophene rings is 1. The van der Waals surface area contributed by atoms with Crippen LogP contribution < -0.4 is 5.32 Å². The van der Waals surface area contributed by atoms with Gasteiger partial charge in [-0.3, -0.25) is 0 Å². The maximum Gasteiger partial charge on any atom is 0.209 e. The van der Waals surface area contributed by atoms with Crippen LogP contribution in [0.1, 0.15) is 18.2 Å². The van der Waals surface area contributed by atoms with Crippen molar-refractivity contribution in [3.05, 3.63) is 20.8 Å². The Morgan fingerprint density at radius 1 is 1.47 bits per heavy atom. The standard InChI is InChI=1S/C11H16BrN5S2/c1-2-4-13-5-6-17-11(14-15-16-17)19-8-10-9(12)3-7-18-10/h3,7,13H,2,4-6,8H2,1H3. The van der Waals surface area contributed by atoms with Crippen LogP contribution >= 0.6 is 39.0 Å². The van der Waals surface area contributed by atoms with E-state index >= 15 is 0 Å². The number of aromatic nitrogens is 4. The molecule has 0 saturated heterocycles. The molecule has 2 aromatic heterocycles. The van der Waals surface area contributed by atoms with Crippen molar-refractivity contribution in [2.75, 3.05) is 13.1 Å². The lowest BCUT2D eigenvalue weighted by Crippen LogP contribution is -2.21. The van der Waals surface area contributed by atoms with E-state index < -0.39 is 0 Å². The fourth-order valence-electron chi connectivity index (χ4n) is 1.49. The van der Waals surface area contributed by atoms with Gasteiger partial charge in [0.2, 0.25) is 5.16 Å². The molecule has 0 radical (unpaired) electrons. The average Bonchev–Trinajstić information content (AvgIpc) is 3.01. The van der Waals surface area contributed by atoms with Crippen molar-refractivity contribution in [1.29, 1.82) is 0 Å². The van der Waals surface area contributed by atoms with Gasteiger partial charge < -0.3 is 5.32 Å². The van der Waals surface area contributed by atoms with Crippen molar-refractivity contribution in [3.8, 4) is 0 Å². The minimum absolute atomic E-state index is 0.806. The predicted octanol–water partition coefficient (Wildman–Crippen LogP) is 2.79. The summed E-state index contributed by atoms with van der Waals surface area (Å²) in [7, 11) is 0. The Balaban J connectivity index is 1.83. The fraction of sp³-hybridized carbons (Fsp3) is 0.545. The fourth-order valence-corrected chi connectivity index (χ4v) is 4.18. The molecular formula is C11H16BrN5S2. The van der Waals surface area contributed by atoms with E-state index in [2.05, 4.69) is 55.1 Å². The minimum atomic E-state index is 0.806. The quantitative estimate of drug-likeness (QED) is 0.578. The van der Waals surface area contributed by atoms with Gasteiger partial charge in [0.25, 0.3) is 0 Å². The van der Waals surface area contributed by atoms with E-state index in [1.165, 1.54) is 4.88 Å². The topological polar surface area (TPSA) is 55.6 Å². The summed E-state index contributed by atoms with van der Waals surface area (Å²) in [4.78, 5) is 1.31. The first-order valence-corrected chi connectivity index (χ1v) is 8.78. The zero-order valence-electron chi connectivity index (χ0n) is 10.7. The molecule has 0 aliphatic rings. The summed E-state index contributed by atoms with van der Waals surface area (Å²) in [6.45, 7) is 4.90. The van der Waals surface area contributed by atoms with Gasteiger partial charge in [-0.2, -0.15) is 0 Å². The van der Waals surface area contributed by atoms with E-state index in [0.29, 0.717) is 0 Å². The molecule has 0 saturated carbocycles. The Morgan fingerprint density at radius 2 is 2.37 bits per heavy atom. The van der Waals surface area contributed by atoms with Gasteiger partial charge in [-0.1, -0.05) is 18.7 Å². The molecule has 1 N–H and O–H groups in total. The van der Waals surface area contributed by atoms with E-state index in [-0.39, 0.29) is 0 Å². The average molecular weight is 362 g/mol. The van der Waals surface area contributed by atoms with Crippen LogP contribution in [0.15, 0.2) is 21.1 Å². The van der Waals surface area contributed by atoms with Crippen LogP contribution in [-0.4, -0.2) is 33.3 Å². The van der Waals surface area contributed by atoms with E-state index in [1.807, 2.05) is 4.68 Å². The van der Waals surface area contributed by atoms with Crippen molar-refractivity contribution in [2.45, 2.75) is 30.8 Å². The highest BCUT2D eigenvalue weighted by Gasteiger charge is 2.08. The SMILES string of the molecule is CCCNCCn1nnnc1SCc1sccc1Br. The first-order valence-electron chi connectivity index (χ1n) is 6.12. The van der Waals surface area contributed by atoms with Gasteiger partial charge in [0.15, 0.2) is 0 Å². The normalized spacial score (nSPS) is 11.1. The lowest BCUT2D eigenvalue weighted by Gasteiger charge is -2.05. The molecular weight excluding hydrogens is 346 g/mol. The molecule has 0 unspecified atom stereocenters. The summed E-state index contributed by atoms with van der Waals surface area (Å²) >= 11 is 6.95. The lowest BCUT2D eigenvalue weighted by atomic mass is 10.5. The highest BCUT2D eigenvalue weighted by atomic mass is 79.9. The number of thioether (sulfide) groups is 1. The smallest absolute Gasteiger partial charge is 0.209 e. The van der Waals surface area contributed by atoms with Gasteiger partial charge in [-0.25, -0.2) is 4.68 Å². The molecule has 2 rings (SSSR count). The lowest BCUT2D eigenvalue weighted by molar-refractivity contribution is 0.510. The van der Waals surface area contributed by atoms with Gasteiger partial charge in [0, 0.05) is 21.6 Å². The van der Waals surface area contributed by atoms with Crippen molar-refractivity contribution in [2.24, 2.45) is 0 Å². The Morgan fingerprint density at radius 3 is 3.11 bits per heavy atom. The van der Waals surface area contributed by atoms with E-state index in [4.69, 9.17) is 0 Å². The molecule has 0 atom stereocenters. The van der Waals surface area contributed by atoms with Crippen molar-refractivity contribution < 1.29 is 0 Å². The molecule has 5 nitrogen and oxygen atoms in total. The van der Waals surface area contributed by atoms with Crippen molar-refractivity contribution >= 4 is 39.0 Å². The van der Waals surface area contributed by atoms with Gasteiger partial charge >= 0.3 is 0 Å². The summed E-state index contributed by atoms with van der Waals surface area (Å²) < 4.78 is 3.02. The maximum atomic E-state index is 4.07. The largest absolute Gasteiger partial charge is 0.315 e. The number of nitrogens with one attached hydrogen (secondary N) is 1. The molecule has 0 aliphatic carbocycles. The van der Waals surface area contributed by atoms with Gasteiger partial charge in [-0.05, 0) is 50.8 Å². The summed E-state index contributed by atoms with van der Waals surface area (Å²) in [6, 6.07) is 2.07. The van der Waals surface area contributed by atoms with Crippen LogP contribution in [0.4, 0.5) is 0 Å². The van der Waals surface area contributed by atoms with Crippen molar-refractivity contribution in [3.63, 3.8) is 0 Å². The zero-order chi connectivity index (χ0) is 13.5. The third-order valence-corrected chi connectivity index (χ3v) is 5.54. The number of rotatable bonds is 8. The molecule has 2 aromatic rings. The third kappa shape index (κ3) is 4.55. The molecule has 0 spiro atoms. The van der Waals surface area contributed by atoms with E-state index in [1.54, 1.807) is 23.1 Å². The van der Waals surface area contributed by atoms with Gasteiger partial charge in [0.1, 0.15) is 0 Å². The monoisotopic (exact) mass is 361 g/mol.